The quantitative estimate of drug-likeness (QED) is 0.623. The maximum Gasteiger partial charge on any atom is 0.409 e. The number of thiazole rings is 1. The second-order valence-electron chi connectivity index (χ2n) is 8.85. The normalized spacial score (nSPS) is 21.7. The number of ether oxygens (including phenoxy) is 2. The van der Waals surface area contributed by atoms with Crippen molar-refractivity contribution in [3.05, 3.63) is 46.0 Å². The van der Waals surface area contributed by atoms with Gasteiger partial charge in [0.15, 0.2) is 10.8 Å². The Morgan fingerprint density at radius 2 is 2.20 bits per heavy atom. The van der Waals surface area contributed by atoms with Crippen LogP contribution >= 0.6 is 11.3 Å². The van der Waals surface area contributed by atoms with E-state index in [9.17, 15) is 18.8 Å². The Morgan fingerprint density at radius 1 is 1.37 bits per heavy atom. The topological polar surface area (TPSA) is 110 Å². The molecule has 1 aromatic heterocycles. The van der Waals surface area contributed by atoms with Crippen LogP contribution in [0.15, 0.2) is 23.6 Å². The fraction of sp³-hybridized carbons (Fsp3) is 0.500. The summed E-state index contributed by atoms with van der Waals surface area (Å²) in [5.74, 6) is -0.811. The number of alkyl halides is 1. The monoisotopic (exact) mass is 504 g/mol. The van der Waals surface area contributed by atoms with Crippen LogP contribution in [-0.4, -0.2) is 60.6 Å². The molecule has 0 saturated carbocycles. The lowest BCUT2D eigenvalue weighted by atomic mass is 9.90. The molecule has 1 fully saturated rings. The smallest absolute Gasteiger partial charge is 0.409 e. The Balaban J connectivity index is 1.30. The van der Waals surface area contributed by atoms with E-state index < -0.39 is 17.5 Å². The summed E-state index contributed by atoms with van der Waals surface area (Å²) in [4.78, 5) is 43.1. The number of hydrogen-bond donors (Lipinski definition) is 2. The molecule has 2 aromatic rings. The molecule has 3 heterocycles. The molecule has 4 rings (SSSR count). The highest BCUT2D eigenvalue weighted by molar-refractivity contribution is 7.13. The summed E-state index contributed by atoms with van der Waals surface area (Å²) < 4.78 is 25.1. The number of amides is 3. The standard InChI is InChI=1S/C24H29FN4O5S/c1-3-34-23(32)29-8-4-5-16(11-29)19-13-35-22(27-19)28-20(30)10-26-21(31)15-6-7-17-12-33-14-24(2,25)18(17)9-15/h6-7,9,13,16H,3-5,8,10-12,14H2,1-2H3,(H,26,31)(H,27,28,30)/t16-,24+/m0/s1. The van der Waals surface area contributed by atoms with Crippen molar-refractivity contribution in [1.82, 2.24) is 15.2 Å². The number of fused-ring (bicyclic) bond motifs is 1. The van der Waals surface area contributed by atoms with E-state index in [1.165, 1.54) is 24.3 Å². The van der Waals surface area contributed by atoms with Gasteiger partial charge < -0.3 is 25.0 Å². The lowest BCUT2D eigenvalue weighted by Gasteiger charge is -2.31. The third-order valence-electron chi connectivity index (χ3n) is 6.11. The molecule has 2 aliphatic heterocycles. The van der Waals surface area contributed by atoms with E-state index in [1.54, 1.807) is 24.0 Å². The number of halogens is 1. The number of nitrogens with zero attached hydrogens (tertiary/aromatic N) is 2. The molecule has 2 atom stereocenters. The molecule has 1 aromatic carbocycles. The van der Waals surface area contributed by atoms with Gasteiger partial charge in [0, 0.05) is 30.0 Å². The van der Waals surface area contributed by atoms with Gasteiger partial charge in [0.05, 0.1) is 32.1 Å². The first-order valence-electron chi connectivity index (χ1n) is 11.6. The van der Waals surface area contributed by atoms with Crippen LogP contribution < -0.4 is 10.6 Å². The van der Waals surface area contributed by atoms with Crippen molar-refractivity contribution in [2.75, 3.05) is 38.2 Å². The predicted octanol–water partition coefficient (Wildman–Crippen LogP) is 3.56. The highest BCUT2D eigenvalue weighted by Crippen LogP contribution is 2.34. The van der Waals surface area contributed by atoms with Crippen molar-refractivity contribution in [3.8, 4) is 0 Å². The van der Waals surface area contributed by atoms with E-state index in [0.717, 1.165) is 18.5 Å². The molecule has 3 amide bonds. The minimum absolute atomic E-state index is 0.0645. The number of nitrogens with one attached hydrogen (secondary N) is 2. The Kier molecular flexibility index (Phi) is 7.66. The molecule has 9 nitrogen and oxygen atoms in total. The molecular formula is C24H29FN4O5S. The summed E-state index contributed by atoms with van der Waals surface area (Å²) in [5, 5.41) is 7.56. The number of benzene rings is 1. The van der Waals surface area contributed by atoms with Crippen molar-refractivity contribution < 1.29 is 28.2 Å². The van der Waals surface area contributed by atoms with E-state index >= 15 is 0 Å². The van der Waals surface area contributed by atoms with Crippen LogP contribution in [0.1, 0.15) is 59.8 Å². The molecule has 0 bridgehead atoms. The summed E-state index contributed by atoms with van der Waals surface area (Å²) in [6.45, 7) is 4.70. The Labute approximate surface area is 207 Å². The van der Waals surface area contributed by atoms with Crippen molar-refractivity contribution >= 4 is 34.4 Å². The molecule has 0 spiro atoms. The van der Waals surface area contributed by atoms with Crippen LogP contribution in [0.5, 0.6) is 0 Å². The molecule has 11 heteroatoms. The minimum Gasteiger partial charge on any atom is -0.450 e. The highest BCUT2D eigenvalue weighted by Gasteiger charge is 2.33. The Morgan fingerprint density at radius 3 is 3.00 bits per heavy atom. The molecular weight excluding hydrogens is 475 g/mol. The molecule has 188 valence electrons. The van der Waals surface area contributed by atoms with E-state index in [0.29, 0.717) is 42.6 Å². The number of hydrogen-bond acceptors (Lipinski definition) is 7. The van der Waals surface area contributed by atoms with Crippen LogP contribution in [0.4, 0.5) is 14.3 Å². The maximum absolute atomic E-state index is 14.7. The second-order valence-corrected chi connectivity index (χ2v) is 9.71. The number of piperidine rings is 1. The lowest BCUT2D eigenvalue weighted by Crippen LogP contribution is -2.39. The number of carbonyl (C=O) groups is 3. The predicted molar refractivity (Wildman–Crippen MR) is 128 cm³/mol. The number of carbonyl (C=O) groups excluding carboxylic acids is 3. The maximum atomic E-state index is 14.7. The van der Waals surface area contributed by atoms with Gasteiger partial charge in [-0.3, -0.25) is 9.59 Å². The number of likely N-dealkylation sites (tertiary alicyclic amines) is 1. The third-order valence-corrected chi connectivity index (χ3v) is 6.88. The fourth-order valence-corrected chi connectivity index (χ4v) is 5.12. The Hall–Kier alpha value is -3.05. The first-order chi connectivity index (χ1) is 16.8. The van der Waals surface area contributed by atoms with E-state index in [4.69, 9.17) is 9.47 Å². The first kappa shape index (κ1) is 25.1. The van der Waals surface area contributed by atoms with Crippen molar-refractivity contribution in [2.45, 2.75) is 44.9 Å². The zero-order valence-corrected chi connectivity index (χ0v) is 20.6. The summed E-state index contributed by atoms with van der Waals surface area (Å²) >= 11 is 1.29. The van der Waals surface area contributed by atoms with Gasteiger partial charge in [0.2, 0.25) is 5.91 Å². The van der Waals surface area contributed by atoms with Crippen LogP contribution in [0.3, 0.4) is 0 Å². The highest BCUT2D eigenvalue weighted by atomic mass is 32.1. The Bertz CT molecular complexity index is 1110. The summed E-state index contributed by atoms with van der Waals surface area (Å²) in [7, 11) is 0. The molecule has 1 saturated heterocycles. The lowest BCUT2D eigenvalue weighted by molar-refractivity contribution is -0.115. The van der Waals surface area contributed by atoms with Gasteiger partial charge in [0.1, 0.15) is 0 Å². The van der Waals surface area contributed by atoms with Crippen molar-refractivity contribution in [3.63, 3.8) is 0 Å². The minimum atomic E-state index is -1.67. The number of rotatable bonds is 6. The number of aromatic nitrogens is 1. The molecule has 35 heavy (non-hydrogen) atoms. The van der Waals surface area contributed by atoms with E-state index in [2.05, 4.69) is 15.6 Å². The summed E-state index contributed by atoms with van der Waals surface area (Å²) in [6, 6.07) is 4.78. The average Bonchev–Trinajstić information content (AvgIpc) is 3.31. The van der Waals surface area contributed by atoms with Crippen LogP contribution in [0, 0.1) is 0 Å². The summed E-state index contributed by atoms with van der Waals surface area (Å²) in [5.41, 5.74) is 0.562. The SMILES string of the molecule is CCOC(=O)N1CCC[C@H](c2csc(NC(=O)CNC(=O)c3ccc4c(c3)[C@](C)(F)COC4)n2)C1. The number of anilines is 1. The second kappa shape index (κ2) is 10.7. The third kappa shape index (κ3) is 5.96. The molecule has 2 aliphatic rings. The van der Waals surface area contributed by atoms with Crippen molar-refractivity contribution in [1.29, 1.82) is 0 Å². The molecule has 0 aliphatic carbocycles. The average molecular weight is 505 g/mol. The van der Waals surface area contributed by atoms with Gasteiger partial charge in [-0.05, 0) is 49.9 Å². The summed E-state index contributed by atoms with van der Waals surface area (Å²) in [6.07, 6.45) is 1.43. The van der Waals surface area contributed by atoms with Gasteiger partial charge in [-0.1, -0.05) is 6.07 Å². The molecule has 0 unspecified atom stereocenters. The van der Waals surface area contributed by atoms with Crippen molar-refractivity contribution in [2.24, 2.45) is 0 Å². The molecule has 0 radical (unpaired) electrons. The van der Waals surface area contributed by atoms with Gasteiger partial charge in [-0.2, -0.15) is 0 Å². The largest absolute Gasteiger partial charge is 0.450 e. The van der Waals surface area contributed by atoms with Crippen LogP contribution in [0.25, 0.3) is 0 Å². The van der Waals surface area contributed by atoms with Gasteiger partial charge in [0.25, 0.3) is 5.91 Å². The molecule has 2 N–H and O–H groups in total. The first-order valence-corrected chi connectivity index (χ1v) is 12.5. The van der Waals surface area contributed by atoms with Gasteiger partial charge in [-0.25, -0.2) is 14.2 Å². The van der Waals surface area contributed by atoms with Crippen LogP contribution in [0.2, 0.25) is 0 Å². The zero-order valence-electron chi connectivity index (χ0n) is 19.8. The van der Waals surface area contributed by atoms with Gasteiger partial charge >= 0.3 is 6.09 Å². The fourth-order valence-electron chi connectivity index (χ4n) is 4.32. The van der Waals surface area contributed by atoms with E-state index in [1.807, 2.05) is 5.38 Å². The van der Waals surface area contributed by atoms with E-state index in [-0.39, 0.29) is 30.7 Å². The van der Waals surface area contributed by atoms with Gasteiger partial charge in [-0.15, -0.1) is 11.3 Å². The zero-order chi connectivity index (χ0) is 25.0. The van der Waals surface area contributed by atoms with Crippen LogP contribution in [-0.2, 0) is 26.5 Å².